The summed E-state index contributed by atoms with van der Waals surface area (Å²) in [6, 6.07) is 6.82. The van der Waals surface area contributed by atoms with Gasteiger partial charge in [0.2, 0.25) is 5.65 Å². The summed E-state index contributed by atoms with van der Waals surface area (Å²) >= 11 is 6.34. The van der Waals surface area contributed by atoms with Crippen molar-refractivity contribution in [1.29, 1.82) is 0 Å². The molecule has 3 aromatic rings. The van der Waals surface area contributed by atoms with Gasteiger partial charge in [-0.3, -0.25) is 18.6 Å². The zero-order valence-corrected chi connectivity index (χ0v) is 17.1. The van der Waals surface area contributed by atoms with Crippen LogP contribution < -0.4 is 10.9 Å². The number of fused-ring (bicyclic) bond motifs is 1. The van der Waals surface area contributed by atoms with Crippen LogP contribution in [0.5, 0.6) is 0 Å². The predicted molar refractivity (Wildman–Crippen MR) is 113 cm³/mol. The molecular formula is C21H23ClN4O3. The van der Waals surface area contributed by atoms with E-state index in [1.807, 2.05) is 32.0 Å². The molecule has 152 valence electrons. The van der Waals surface area contributed by atoms with Crippen LogP contribution in [0.2, 0.25) is 5.02 Å². The molecule has 2 N–H and O–H groups in total. The number of hydrogen-bond donors (Lipinski definition) is 2. The number of aliphatic hydroxyl groups is 1. The van der Waals surface area contributed by atoms with Crippen LogP contribution in [-0.2, 0) is 6.54 Å². The Balaban J connectivity index is 2.13. The lowest BCUT2D eigenvalue weighted by molar-refractivity contribution is 0.0892. The summed E-state index contributed by atoms with van der Waals surface area (Å²) < 4.78 is 3.04. The van der Waals surface area contributed by atoms with Gasteiger partial charge >= 0.3 is 0 Å². The SMILES string of the molecule is C=CCn1c(-c2ccccc2Cl)cn2cc(C(=O)NC(CO)C(C)C)nc2c1=O. The smallest absolute Gasteiger partial charge is 0.295 e. The number of hydrogen-bond acceptors (Lipinski definition) is 4. The van der Waals surface area contributed by atoms with Crippen molar-refractivity contribution in [1.82, 2.24) is 19.3 Å². The van der Waals surface area contributed by atoms with Gasteiger partial charge in [0.15, 0.2) is 0 Å². The molecule has 1 amide bonds. The molecule has 3 rings (SSSR count). The van der Waals surface area contributed by atoms with Gasteiger partial charge < -0.3 is 10.4 Å². The highest BCUT2D eigenvalue weighted by molar-refractivity contribution is 6.33. The summed E-state index contributed by atoms with van der Waals surface area (Å²) in [6.45, 7) is 7.60. The minimum atomic E-state index is -0.449. The van der Waals surface area contributed by atoms with Gasteiger partial charge in [-0.25, -0.2) is 4.98 Å². The summed E-state index contributed by atoms with van der Waals surface area (Å²) in [5.74, 6) is -0.395. The van der Waals surface area contributed by atoms with E-state index in [0.29, 0.717) is 16.3 Å². The first-order chi connectivity index (χ1) is 13.9. The van der Waals surface area contributed by atoms with E-state index < -0.39 is 11.9 Å². The number of aliphatic hydroxyl groups excluding tert-OH is 1. The van der Waals surface area contributed by atoms with Gasteiger partial charge in [-0.15, -0.1) is 6.58 Å². The molecule has 0 fully saturated rings. The molecule has 1 unspecified atom stereocenters. The average Bonchev–Trinajstić information content (AvgIpc) is 3.13. The molecule has 0 saturated heterocycles. The lowest BCUT2D eigenvalue weighted by Gasteiger charge is -2.18. The Labute approximate surface area is 173 Å². The first kappa shape index (κ1) is 20.8. The maximum absolute atomic E-state index is 13.1. The average molecular weight is 415 g/mol. The normalized spacial score (nSPS) is 12.3. The van der Waals surface area contributed by atoms with Crippen molar-refractivity contribution in [3.8, 4) is 11.3 Å². The molecule has 1 aromatic carbocycles. The molecule has 0 saturated carbocycles. The summed E-state index contributed by atoms with van der Waals surface area (Å²) in [4.78, 5) is 29.9. The van der Waals surface area contributed by atoms with E-state index in [2.05, 4.69) is 16.9 Å². The summed E-state index contributed by atoms with van der Waals surface area (Å²) in [5.41, 5.74) is 1.15. The summed E-state index contributed by atoms with van der Waals surface area (Å²) in [6.07, 6.45) is 4.83. The van der Waals surface area contributed by atoms with E-state index >= 15 is 0 Å². The lowest BCUT2D eigenvalue weighted by Crippen LogP contribution is -2.41. The third-order valence-corrected chi connectivity index (χ3v) is 5.06. The molecule has 0 radical (unpaired) electrons. The van der Waals surface area contributed by atoms with Gasteiger partial charge in [-0.2, -0.15) is 0 Å². The number of amides is 1. The standard InChI is InChI=1S/C21H23ClN4O3/c1-4-9-26-18(14-7-5-6-8-15(14)22)11-25-10-16(23-19(25)21(26)29)20(28)24-17(12-27)13(2)3/h4-8,10-11,13,17,27H,1,9,12H2,2-3H3,(H,24,28). The molecule has 0 bridgehead atoms. The van der Waals surface area contributed by atoms with Crippen molar-refractivity contribution in [2.24, 2.45) is 5.92 Å². The van der Waals surface area contributed by atoms with Crippen LogP contribution in [0.3, 0.4) is 0 Å². The number of rotatable bonds is 7. The van der Waals surface area contributed by atoms with Crippen LogP contribution in [0.15, 0.2) is 54.1 Å². The largest absolute Gasteiger partial charge is 0.394 e. The second-order valence-corrected chi connectivity index (χ2v) is 7.47. The summed E-state index contributed by atoms with van der Waals surface area (Å²) in [7, 11) is 0. The van der Waals surface area contributed by atoms with Crippen molar-refractivity contribution in [3.05, 3.63) is 70.4 Å². The van der Waals surface area contributed by atoms with Crippen LogP contribution in [0.25, 0.3) is 16.9 Å². The number of carbonyl (C=O) groups is 1. The lowest BCUT2D eigenvalue weighted by atomic mass is 10.1. The Bertz CT molecular complexity index is 1120. The third kappa shape index (κ3) is 4.11. The first-order valence-electron chi connectivity index (χ1n) is 9.27. The highest BCUT2D eigenvalue weighted by atomic mass is 35.5. The van der Waals surface area contributed by atoms with Crippen molar-refractivity contribution in [2.45, 2.75) is 26.4 Å². The number of benzene rings is 1. The van der Waals surface area contributed by atoms with Crippen LogP contribution in [0.1, 0.15) is 24.3 Å². The highest BCUT2D eigenvalue weighted by Gasteiger charge is 2.20. The van der Waals surface area contributed by atoms with E-state index in [4.69, 9.17) is 11.6 Å². The number of imidazole rings is 1. The molecule has 0 aliphatic heterocycles. The first-order valence-corrected chi connectivity index (χ1v) is 9.65. The Hall–Kier alpha value is -2.90. The molecule has 0 aliphatic carbocycles. The zero-order valence-electron chi connectivity index (χ0n) is 16.3. The van der Waals surface area contributed by atoms with Crippen LogP contribution in [0, 0.1) is 5.92 Å². The van der Waals surface area contributed by atoms with Crippen molar-refractivity contribution >= 4 is 23.2 Å². The summed E-state index contributed by atoms with van der Waals surface area (Å²) in [5, 5.41) is 12.7. The maximum atomic E-state index is 13.1. The quantitative estimate of drug-likeness (QED) is 0.582. The van der Waals surface area contributed by atoms with Gasteiger partial charge in [0.05, 0.1) is 18.3 Å². The van der Waals surface area contributed by atoms with Crippen LogP contribution in [-0.4, -0.2) is 37.6 Å². The molecule has 0 aliphatic rings. The minimum absolute atomic E-state index is 0.0534. The second-order valence-electron chi connectivity index (χ2n) is 7.06. The molecule has 2 heterocycles. The van der Waals surface area contributed by atoms with E-state index in [1.165, 1.54) is 15.2 Å². The highest BCUT2D eigenvalue weighted by Crippen LogP contribution is 2.27. The predicted octanol–water partition coefficient (Wildman–Crippen LogP) is 2.75. The van der Waals surface area contributed by atoms with Crippen molar-refractivity contribution < 1.29 is 9.90 Å². The number of carbonyl (C=O) groups excluding carboxylic acids is 1. The van der Waals surface area contributed by atoms with E-state index in [1.54, 1.807) is 18.3 Å². The fraction of sp³-hybridized carbons (Fsp3) is 0.286. The molecule has 1 atom stereocenters. The molecule has 8 heteroatoms. The number of nitrogens with one attached hydrogen (secondary N) is 1. The number of nitrogens with zero attached hydrogens (tertiary/aromatic N) is 3. The Morgan fingerprint density at radius 2 is 2.07 bits per heavy atom. The molecular weight excluding hydrogens is 392 g/mol. The minimum Gasteiger partial charge on any atom is -0.394 e. The van der Waals surface area contributed by atoms with E-state index in [0.717, 1.165) is 0 Å². The second kappa shape index (κ2) is 8.63. The van der Waals surface area contributed by atoms with Crippen molar-refractivity contribution in [3.63, 3.8) is 0 Å². The Morgan fingerprint density at radius 3 is 2.69 bits per heavy atom. The number of halogens is 1. The van der Waals surface area contributed by atoms with Gasteiger partial charge in [-0.1, -0.05) is 49.7 Å². The van der Waals surface area contributed by atoms with E-state index in [9.17, 15) is 14.7 Å². The Kier molecular flexibility index (Phi) is 6.20. The van der Waals surface area contributed by atoms with E-state index in [-0.39, 0.29) is 36.0 Å². The monoisotopic (exact) mass is 414 g/mol. The molecule has 0 spiro atoms. The third-order valence-electron chi connectivity index (χ3n) is 4.73. The molecule has 7 nitrogen and oxygen atoms in total. The molecule has 2 aromatic heterocycles. The Morgan fingerprint density at radius 1 is 1.34 bits per heavy atom. The van der Waals surface area contributed by atoms with Crippen LogP contribution in [0.4, 0.5) is 0 Å². The number of allylic oxidation sites excluding steroid dienone is 1. The number of aromatic nitrogens is 3. The fourth-order valence-corrected chi connectivity index (χ4v) is 3.28. The fourth-order valence-electron chi connectivity index (χ4n) is 3.05. The molecule has 29 heavy (non-hydrogen) atoms. The van der Waals surface area contributed by atoms with Gasteiger partial charge in [0.25, 0.3) is 11.5 Å². The van der Waals surface area contributed by atoms with Gasteiger partial charge in [0.1, 0.15) is 5.69 Å². The maximum Gasteiger partial charge on any atom is 0.295 e. The van der Waals surface area contributed by atoms with Gasteiger partial charge in [0, 0.05) is 29.5 Å². The van der Waals surface area contributed by atoms with Crippen LogP contribution >= 0.6 is 11.6 Å². The van der Waals surface area contributed by atoms with Gasteiger partial charge in [-0.05, 0) is 12.0 Å². The van der Waals surface area contributed by atoms with Crippen molar-refractivity contribution in [2.75, 3.05) is 6.61 Å². The topological polar surface area (TPSA) is 88.6 Å². The zero-order chi connectivity index (χ0) is 21.1.